The van der Waals surface area contributed by atoms with Crippen molar-refractivity contribution in [2.24, 2.45) is 5.73 Å². The van der Waals surface area contributed by atoms with Gasteiger partial charge in [0.05, 0.1) is 0 Å². The van der Waals surface area contributed by atoms with Gasteiger partial charge in [0.15, 0.2) is 5.82 Å². The number of nitrogens with two attached hydrogens (primary N) is 1. The van der Waals surface area contributed by atoms with Gasteiger partial charge in [0.1, 0.15) is 5.82 Å². The third-order valence-electron chi connectivity index (χ3n) is 2.44. The van der Waals surface area contributed by atoms with Gasteiger partial charge in [0.2, 0.25) is 0 Å². The molecule has 3 N–H and O–H groups in total. The number of aromatic amines is 1. The molecule has 1 aromatic heterocycles. The van der Waals surface area contributed by atoms with E-state index >= 15 is 0 Å². The lowest BCUT2D eigenvalue weighted by Gasteiger charge is -1.96. The molecule has 1 heterocycles. The summed E-state index contributed by atoms with van der Waals surface area (Å²) in [4.78, 5) is 4.37. The summed E-state index contributed by atoms with van der Waals surface area (Å²) < 4.78 is 0. The number of nitrogens with zero attached hydrogens (tertiary/aromatic N) is 2. The number of H-pyrrole nitrogens is 1. The zero-order valence-electron chi connectivity index (χ0n) is 9.19. The number of aryl methyl sites for hydroxylation is 2. The van der Waals surface area contributed by atoms with Gasteiger partial charge in [0, 0.05) is 12.8 Å². The fourth-order valence-corrected chi connectivity index (χ4v) is 1.60. The van der Waals surface area contributed by atoms with E-state index in [9.17, 15) is 0 Å². The minimum absolute atomic E-state index is 0.604. The van der Waals surface area contributed by atoms with Crippen LogP contribution >= 0.6 is 0 Å². The second-order valence-electron chi connectivity index (χ2n) is 3.72. The molecule has 2 rings (SSSR count). The van der Waals surface area contributed by atoms with Crippen LogP contribution in [0.4, 0.5) is 0 Å². The van der Waals surface area contributed by atoms with Crippen molar-refractivity contribution >= 4 is 0 Å². The van der Waals surface area contributed by atoms with E-state index in [4.69, 9.17) is 5.73 Å². The van der Waals surface area contributed by atoms with E-state index < -0.39 is 0 Å². The number of benzene rings is 1. The van der Waals surface area contributed by atoms with Gasteiger partial charge in [-0.1, -0.05) is 30.3 Å². The van der Waals surface area contributed by atoms with Crippen molar-refractivity contribution in [1.29, 1.82) is 0 Å². The van der Waals surface area contributed by atoms with Crippen molar-refractivity contribution in [2.75, 3.05) is 6.54 Å². The van der Waals surface area contributed by atoms with Crippen LogP contribution in [0, 0.1) is 0 Å². The molecule has 2 aromatic rings. The predicted octanol–water partition coefficient (Wildman–Crippen LogP) is 1.09. The number of hydrogen-bond acceptors (Lipinski definition) is 3. The summed E-state index contributed by atoms with van der Waals surface area (Å²) in [5.74, 6) is 1.75. The summed E-state index contributed by atoms with van der Waals surface area (Å²) in [6.07, 6.45) is 2.60. The molecule has 4 heteroatoms. The Bertz CT molecular complexity index is 422. The van der Waals surface area contributed by atoms with Crippen LogP contribution < -0.4 is 5.73 Å². The molecule has 4 nitrogen and oxygen atoms in total. The molecule has 0 fully saturated rings. The van der Waals surface area contributed by atoms with Gasteiger partial charge < -0.3 is 5.73 Å². The smallest absolute Gasteiger partial charge is 0.151 e. The van der Waals surface area contributed by atoms with E-state index in [0.29, 0.717) is 6.54 Å². The lowest BCUT2D eigenvalue weighted by Crippen LogP contribution is -2.04. The van der Waals surface area contributed by atoms with Crippen molar-refractivity contribution in [1.82, 2.24) is 15.2 Å². The van der Waals surface area contributed by atoms with Gasteiger partial charge in [-0.3, -0.25) is 5.10 Å². The normalized spacial score (nSPS) is 10.6. The Morgan fingerprint density at radius 2 is 1.88 bits per heavy atom. The summed E-state index contributed by atoms with van der Waals surface area (Å²) in [7, 11) is 0. The molecule has 0 aliphatic heterocycles. The summed E-state index contributed by atoms with van der Waals surface area (Å²) in [5, 5.41) is 7.06. The van der Waals surface area contributed by atoms with E-state index in [1.165, 1.54) is 5.56 Å². The Morgan fingerprint density at radius 1 is 1.06 bits per heavy atom. The maximum Gasteiger partial charge on any atom is 0.151 e. The van der Waals surface area contributed by atoms with Gasteiger partial charge >= 0.3 is 0 Å². The van der Waals surface area contributed by atoms with Crippen molar-refractivity contribution in [2.45, 2.75) is 19.3 Å². The van der Waals surface area contributed by atoms with Crippen molar-refractivity contribution < 1.29 is 0 Å². The molecule has 0 unspecified atom stereocenters. The number of rotatable bonds is 5. The lowest BCUT2D eigenvalue weighted by molar-refractivity contribution is 0.864. The monoisotopic (exact) mass is 216 g/mol. The van der Waals surface area contributed by atoms with Crippen LogP contribution in [-0.2, 0) is 19.3 Å². The van der Waals surface area contributed by atoms with Crippen LogP contribution in [0.25, 0.3) is 0 Å². The Morgan fingerprint density at radius 3 is 2.62 bits per heavy atom. The molecular weight excluding hydrogens is 200 g/mol. The molecular formula is C12H16N4. The largest absolute Gasteiger partial charge is 0.330 e. The van der Waals surface area contributed by atoms with Crippen LogP contribution in [0.3, 0.4) is 0 Å². The number of hydrogen-bond donors (Lipinski definition) is 2. The predicted molar refractivity (Wildman–Crippen MR) is 63.0 cm³/mol. The average Bonchev–Trinajstić information content (AvgIpc) is 2.76. The van der Waals surface area contributed by atoms with E-state index in [1.807, 2.05) is 18.2 Å². The third kappa shape index (κ3) is 2.90. The lowest BCUT2D eigenvalue weighted by atomic mass is 10.1. The van der Waals surface area contributed by atoms with Crippen molar-refractivity contribution in [3.05, 3.63) is 47.5 Å². The first-order chi connectivity index (χ1) is 7.88. The summed E-state index contributed by atoms with van der Waals surface area (Å²) in [5.41, 5.74) is 6.76. The standard InChI is InChI=1S/C12H16N4/c13-9-8-12-14-11(15-16-12)7-6-10-4-2-1-3-5-10/h1-5H,6-9,13H2,(H,14,15,16). The first-order valence-corrected chi connectivity index (χ1v) is 5.52. The van der Waals surface area contributed by atoms with E-state index in [1.54, 1.807) is 0 Å². The van der Waals surface area contributed by atoms with Gasteiger partial charge in [-0.15, -0.1) is 0 Å². The molecule has 0 aliphatic carbocycles. The maximum atomic E-state index is 5.45. The molecule has 0 amide bonds. The van der Waals surface area contributed by atoms with Gasteiger partial charge in [0.25, 0.3) is 0 Å². The molecule has 16 heavy (non-hydrogen) atoms. The number of aromatic nitrogens is 3. The Balaban J connectivity index is 1.89. The first-order valence-electron chi connectivity index (χ1n) is 5.52. The zero-order chi connectivity index (χ0) is 11.2. The zero-order valence-corrected chi connectivity index (χ0v) is 9.19. The van der Waals surface area contributed by atoms with Crippen LogP contribution in [0.15, 0.2) is 30.3 Å². The average molecular weight is 216 g/mol. The fourth-order valence-electron chi connectivity index (χ4n) is 1.60. The molecule has 1 aromatic carbocycles. The molecule has 0 saturated heterocycles. The molecule has 0 saturated carbocycles. The third-order valence-corrected chi connectivity index (χ3v) is 2.44. The SMILES string of the molecule is NCCc1nc(CCc2ccccc2)n[nH]1. The molecule has 0 radical (unpaired) electrons. The van der Waals surface area contributed by atoms with Gasteiger partial charge in [-0.05, 0) is 18.5 Å². The molecule has 0 aliphatic rings. The van der Waals surface area contributed by atoms with Gasteiger partial charge in [-0.25, -0.2) is 4.98 Å². The summed E-state index contributed by atoms with van der Waals surface area (Å²) in [6, 6.07) is 10.4. The highest BCUT2D eigenvalue weighted by Gasteiger charge is 2.02. The molecule has 0 atom stereocenters. The highest BCUT2D eigenvalue weighted by atomic mass is 15.2. The molecule has 84 valence electrons. The Labute approximate surface area is 94.9 Å². The fraction of sp³-hybridized carbons (Fsp3) is 0.333. The minimum atomic E-state index is 0.604. The van der Waals surface area contributed by atoms with Crippen LogP contribution in [-0.4, -0.2) is 21.7 Å². The topological polar surface area (TPSA) is 67.6 Å². The van der Waals surface area contributed by atoms with Crippen LogP contribution in [0.5, 0.6) is 0 Å². The molecule has 0 spiro atoms. The number of nitrogens with one attached hydrogen (secondary N) is 1. The van der Waals surface area contributed by atoms with E-state index in [-0.39, 0.29) is 0 Å². The Kier molecular flexibility index (Phi) is 3.66. The molecule has 0 bridgehead atoms. The van der Waals surface area contributed by atoms with Crippen molar-refractivity contribution in [3.8, 4) is 0 Å². The summed E-state index contributed by atoms with van der Waals surface area (Å²) >= 11 is 0. The quantitative estimate of drug-likeness (QED) is 0.786. The first kappa shape index (κ1) is 10.8. The van der Waals surface area contributed by atoms with Crippen LogP contribution in [0.2, 0.25) is 0 Å². The maximum absolute atomic E-state index is 5.45. The second-order valence-corrected chi connectivity index (χ2v) is 3.72. The minimum Gasteiger partial charge on any atom is -0.330 e. The van der Waals surface area contributed by atoms with Crippen LogP contribution in [0.1, 0.15) is 17.2 Å². The summed E-state index contributed by atoms with van der Waals surface area (Å²) in [6.45, 7) is 0.604. The Hall–Kier alpha value is -1.68. The highest BCUT2D eigenvalue weighted by molar-refractivity contribution is 5.15. The van der Waals surface area contributed by atoms with Crippen molar-refractivity contribution in [3.63, 3.8) is 0 Å². The highest BCUT2D eigenvalue weighted by Crippen LogP contribution is 2.03. The second kappa shape index (κ2) is 5.42. The van der Waals surface area contributed by atoms with Gasteiger partial charge in [-0.2, -0.15) is 5.10 Å². The van der Waals surface area contributed by atoms with E-state index in [2.05, 4.69) is 27.3 Å². The van der Waals surface area contributed by atoms with E-state index in [0.717, 1.165) is 30.9 Å².